The summed E-state index contributed by atoms with van der Waals surface area (Å²) in [5.41, 5.74) is 1.44. The maximum atomic E-state index is 11.3. The molecule has 0 radical (unpaired) electrons. The molecule has 0 amide bonds. The van der Waals surface area contributed by atoms with E-state index in [1.807, 2.05) is 30.3 Å². The van der Waals surface area contributed by atoms with Gasteiger partial charge in [0.25, 0.3) is 5.69 Å². The smallest absolute Gasteiger partial charge is 0.293 e. The van der Waals surface area contributed by atoms with Gasteiger partial charge in [-0.1, -0.05) is 11.6 Å². The number of nitrogens with zero attached hydrogens (tertiary/aromatic N) is 3. The van der Waals surface area contributed by atoms with Crippen LogP contribution in [0.4, 0.5) is 11.4 Å². The van der Waals surface area contributed by atoms with Gasteiger partial charge >= 0.3 is 0 Å². The van der Waals surface area contributed by atoms with Crippen LogP contribution in [0.1, 0.15) is 11.3 Å². The minimum atomic E-state index is -0.492. The highest BCUT2D eigenvalue weighted by molar-refractivity contribution is 6.30. The number of nitro benzene ring substituents is 1. The minimum absolute atomic E-state index is 0.115. The third-order valence-corrected chi connectivity index (χ3v) is 4.15. The van der Waals surface area contributed by atoms with Gasteiger partial charge in [-0.15, -0.1) is 0 Å². The molecule has 0 aliphatic heterocycles. The van der Waals surface area contributed by atoms with Crippen molar-refractivity contribution in [3.05, 3.63) is 81.1 Å². The normalized spacial score (nSPS) is 10.3. The molecule has 1 aromatic heterocycles. The van der Waals surface area contributed by atoms with Gasteiger partial charge in [-0.25, -0.2) is 0 Å². The predicted molar refractivity (Wildman–Crippen MR) is 99.1 cm³/mol. The summed E-state index contributed by atoms with van der Waals surface area (Å²) in [5, 5.41) is 20.9. The van der Waals surface area contributed by atoms with Crippen LogP contribution in [0.2, 0.25) is 5.02 Å². The molecule has 0 saturated carbocycles. The molecule has 0 N–H and O–H groups in total. The largest absolute Gasteiger partial charge is 0.459 e. The Balaban J connectivity index is 1.83. The number of nitro groups is 1. The molecule has 26 heavy (non-hydrogen) atoms. The zero-order chi connectivity index (χ0) is 18.7. The van der Waals surface area contributed by atoms with Gasteiger partial charge in [0.2, 0.25) is 0 Å². The molecule has 6 nitrogen and oxygen atoms in total. The van der Waals surface area contributed by atoms with Crippen molar-refractivity contribution < 1.29 is 9.34 Å². The first kappa shape index (κ1) is 17.5. The summed E-state index contributed by atoms with van der Waals surface area (Å²) in [6.45, 7) is 0.348. The van der Waals surface area contributed by atoms with Gasteiger partial charge in [-0.05, 0) is 48.5 Å². The molecule has 0 aliphatic rings. The van der Waals surface area contributed by atoms with Crippen LogP contribution in [0.15, 0.2) is 59.0 Å². The van der Waals surface area contributed by atoms with E-state index in [9.17, 15) is 10.1 Å². The number of hydrogen-bond donors (Lipinski definition) is 0. The van der Waals surface area contributed by atoms with Gasteiger partial charge < -0.3 is 9.32 Å². The second-order valence-corrected chi connectivity index (χ2v) is 6.14. The third kappa shape index (κ3) is 3.68. The summed E-state index contributed by atoms with van der Waals surface area (Å²) in [7, 11) is 1.73. The zero-order valence-corrected chi connectivity index (χ0v) is 14.6. The van der Waals surface area contributed by atoms with Gasteiger partial charge in [0.1, 0.15) is 17.2 Å². The molecule has 3 rings (SSSR count). The average Bonchev–Trinajstić information content (AvgIpc) is 3.10. The minimum Gasteiger partial charge on any atom is -0.459 e. The molecule has 0 unspecified atom stereocenters. The van der Waals surface area contributed by atoms with Crippen molar-refractivity contribution in [3.8, 4) is 17.4 Å². The second kappa shape index (κ2) is 7.30. The van der Waals surface area contributed by atoms with Gasteiger partial charge in [0, 0.05) is 23.7 Å². The van der Waals surface area contributed by atoms with E-state index in [1.165, 1.54) is 6.07 Å². The molecule has 0 atom stereocenters. The summed E-state index contributed by atoms with van der Waals surface area (Å²) in [5.74, 6) is 1.36. The number of hydrogen-bond acceptors (Lipinski definition) is 5. The molecular weight excluding hydrogens is 354 g/mol. The molecule has 7 heteroatoms. The number of furan rings is 1. The number of halogens is 1. The SMILES string of the molecule is CN(Cc1ccc(-c2ccc(Cl)cc2)o1)c1ccc(C#N)cc1[N+](=O)[O-]. The second-order valence-electron chi connectivity index (χ2n) is 5.70. The van der Waals surface area contributed by atoms with Gasteiger partial charge in [-0.2, -0.15) is 5.26 Å². The highest BCUT2D eigenvalue weighted by atomic mass is 35.5. The van der Waals surface area contributed by atoms with Crippen LogP contribution in [0.5, 0.6) is 0 Å². The molecule has 0 fully saturated rings. The first-order valence-electron chi connectivity index (χ1n) is 7.72. The maximum Gasteiger partial charge on any atom is 0.293 e. The molecule has 1 heterocycles. The van der Waals surface area contributed by atoms with Crippen LogP contribution < -0.4 is 4.90 Å². The maximum absolute atomic E-state index is 11.3. The van der Waals surface area contributed by atoms with Gasteiger partial charge in [-0.3, -0.25) is 10.1 Å². The van der Waals surface area contributed by atoms with Crippen molar-refractivity contribution in [3.63, 3.8) is 0 Å². The summed E-state index contributed by atoms with van der Waals surface area (Å²) in [6, 6.07) is 17.3. The van der Waals surface area contributed by atoms with Crippen LogP contribution in [-0.2, 0) is 6.54 Å². The zero-order valence-electron chi connectivity index (χ0n) is 13.8. The van der Waals surface area contributed by atoms with Crippen molar-refractivity contribution >= 4 is 23.0 Å². The van der Waals surface area contributed by atoms with Crippen LogP contribution in [0, 0.1) is 21.4 Å². The van der Waals surface area contributed by atoms with E-state index in [2.05, 4.69) is 0 Å². The Morgan fingerprint density at radius 1 is 1.19 bits per heavy atom. The molecule has 0 spiro atoms. The lowest BCUT2D eigenvalue weighted by molar-refractivity contribution is -0.384. The third-order valence-electron chi connectivity index (χ3n) is 3.90. The Morgan fingerprint density at radius 2 is 1.92 bits per heavy atom. The number of nitriles is 1. The summed E-state index contributed by atoms with van der Waals surface area (Å²) in [6.07, 6.45) is 0. The Hall–Kier alpha value is -3.30. The first-order chi connectivity index (χ1) is 12.5. The Morgan fingerprint density at radius 3 is 2.58 bits per heavy atom. The van der Waals surface area contributed by atoms with Crippen molar-refractivity contribution in [2.45, 2.75) is 6.54 Å². The lowest BCUT2D eigenvalue weighted by Gasteiger charge is -2.17. The lowest BCUT2D eigenvalue weighted by atomic mass is 10.1. The lowest BCUT2D eigenvalue weighted by Crippen LogP contribution is -2.17. The van der Waals surface area contributed by atoms with E-state index in [4.69, 9.17) is 21.3 Å². The predicted octanol–water partition coefficient (Wildman–Crippen LogP) is 5.02. The van der Waals surface area contributed by atoms with Crippen LogP contribution in [0.3, 0.4) is 0 Å². The van der Waals surface area contributed by atoms with E-state index in [1.54, 1.807) is 36.2 Å². The van der Waals surface area contributed by atoms with E-state index in [0.29, 0.717) is 28.8 Å². The van der Waals surface area contributed by atoms with Crippen LogP contribution in [-0.4, -0.2) is 12.0 Å². The Bertz CT molecular complexity index is 990. The molecule has 0 aliphatic carbocycles. The number of rotatable bonds is 5. The van der Waals surface area contributed by atoms with Crippen LogP contribution >= 0.6 is 11.6 Å². The molecule has 0 saturated heterocycles. The fraction of sp³-hybridized carbons (Fsp3) is 0.105. The van der Waals surface area contributed by atoms with E-state index in [-0.39, 0.29) is 11.3 Å². The summed E-state index contributed by atoms with van der Waals surface area (Å²) < 4.78 is 5.84. The van der Waals surface area contributed by atoms with Gasteiger partial charge in [0.15, 0.2) is 0 Å². The highest BCUT2D eigenvalue weighted by Gasteiger charge is 2.19. The van der Waals surface area contributed by atoms with E-state index in [0.717, 1.165) is 5.56 Å². The molecule has 3 aromatic rings. The quantitative estimate of drug-likeness (QED) is 0.467. The van der Waals surface area contributed by atoms with E-state index < -0.39 is 4.92 Å². The number of anilines is 1. The molecule has 0 bridgehead atoms. The average molecular weight is 368 g/mol. The van der Waals surface area contributed by atoms with Crippen molar-refractivity contribution in [1.82, 2.24) is 0 Å². The fourth-order valence-electron chi connectivity index (χ4n) is 2.61. The molecular formula is C19H14ClN3O3. The number of benzene rings is 2. The standard InChI is InChI=1S/C19H14ClN3O3/c1-22(17-8-2-13(11-21)10-18(17)23(24)25)12-16-7-9-19(26-16)14-3-5-15(20)6-4-14/h2-10H,12H2,1H3. The first-order valence-corrected chi connectivity index (χ1v) is 8.10. The fourth-order valence-corrected chi connectivity index (χ4v) is 2.74. The van der Waals surface area contributed by atoms with E-state index >= 15 is 0 Å². The molecule has 130 valence electrons. The topological polar surface area (TPSA) is 83.3 Å². The van der Waals surface area contributed by atoms with Crippen molar-refractivity contribution in [2.75, 3.05) is 11.9 Å². The monoisotopic (exact) mass is 367 g/mol. The van der Waals surface area contributed by atoms with Crippen LogP contribution in [0.25, 0.3) is 11.3 Å². The Kier molecular flexibility index (Phi) is 4.92. The van der Waals surface area contributed by atoms with Gasteiger partial charge in [0.05, 0.1) is 23.1 Å². The Labute approximate surface area is 155 Å². The summed E-state index contributed by atoms with van der Waals surface area (Å²) in [4.78, 5) is 12.5. The highest BCUT2D eigenvalue weighted by Crippen LogP contribution is 2.30. The molecule has 2 aromatic carbocycles. The van der Waals surface area contributed by atoms with Crippen molar-refractivity contribution in [1.29, 1.82) is 5.26 Å². The summed E-state index contributed by atoms with van der Waals surface area (Å²) >= 11 is 5.89. The van der Waals surface area contributed by atoms with Crippen molar-refractivity contribution in [2.24, 2.45) is 0 Å².